The summed E-state index contributed by atoms with van der Waals surface area (Å²) in [5, 5.41) is 11.6. The molecular weight excluding hydrogens is 453 g/mol. The number of hydrogen-bond acceptors (Lipinski definition) is 5. The fourth-order valence-electron chi connectivity index (χ4n) is 3.28. The normalized spacial score (nSPS) is 11.8. The highest BCUT2D eigenvalue weighted by molar-refractivity contribution is 7.89. The van der Waals surface area contributed by atoms with E-state index in [9.17, 15) is 12.8 Å². The number of tetrazole rings is 1. The van der Waals surface area contributed by atoms with Crippen molar-refractivity contribution in [3.8, 4) is 5.69 Å². The number of rotatable bonds is 7. The van der Waals surface area contributed by atoms with Crippen LogP contribution in [-0.2, 0) is 23.1 Å². The van der Waals surface area contributed by atoms with Crippen molar-refractivity contribution in [1.29, 1.82) is 0 Å². The van der Waals surface area contributed by atoms with Crippen molar-refractivity contribution in [2.45, 2.75) is 24.9 Å². The molecule has 0 saturated carbocycles. The Morgan fingerprint density at radius 1 is 0.969 bits per heavy atom. The van der Waals surface area contributed by atoms with Crippen LogP contribution in [0.2, 0.25) is 5.02 Å². The summed E-state index contributed by atoms with van der Waals surface area (Å²) >= 11 is 5.97. The van der Waals surface area contributed by atoms with Gasteiger partial charge in [0.05, 0.1) is 10.6 Å². The number of hydrogen-bond donors (Lipinski definition) is 0. The number of sulfonamides is 1. The van der Waals surface area contributed by atoms with Crippen LogP contribution in [0.5, 0.6) is 0 Å². The summed E-state index contributed by atoms with van der Waals surface area (Å²) in [4.78, 5) is 0.142. The van der Waals surface area contributed by atoms with Crippen LogP contribution in [0, 0.1) is 12.7 Å². The second kappa shape index (κ2) is 9.15. The smallest absolute Gasteiger partial charge is 0.207 e. The highest BCUT2D eigenvalue weighted by Crippen LogP contribution is 2.25. The van der Waals surface area contributed by atoms with Crippen LogP contribution in [0.4, 0.5) is 4.39 Å². The third kappa shape index (κ3) is 4.85. The summed E-state index contributed by atoms with van der Waals surface area (Å²) in [6, 6.07) is 17.5. The molecule has 0 aliphatic rings. The van der Waals surface area contributed by atoms with E-state index in [1.165, 1.54) is 33.5 Å². The zero-order valence-corrected chi connectivity index (χ0v) is 18.6. The van der Waals surface area contributed by atoms with E-state index in [1.54, 1.807) is 55.5 Å². The van der Waals surface area contributed by atoms with Crippen molar-refractivity contribution in [1.82, 2.24) is 24.5 Å². The lowest BCUT2D eigenvalue weighted by atomic mass is 10.2. The molecule has 0 atom stereocenters. The first-order valence-electron chi connectivity index (χ1n) is 9.66. The number of aromatic nitrogens is 4. The first-order valence-corrected chi connectivity index (χ1v) is 11.5. The highest BCUT2D eigenvalue weighted by atomic mass is 35.5. The largest absolute Gasteiger partial charge is 0.243 e. The predicted molar refractivity (Wildman–Crippen MR) is 118 cm³/mol. The van der Waals surface area contributed by atoms with Gasteiger partial charge in [0, 0.05) is 18.1 Å². The maximum absolute atomic E-state index is 13.6. The Hall–Kier alpha value is -3.14. The summed E-state index contributed by atoms with van der Waals surface area (Å²) in [6.07, 6.45) is 1.44. The Kier molecular flexibility index (Phi) is 6.31. The molecule has 0 aliphatic carbocycles. The summed E-state index contributed by atoms with van der Waals surface area (Å²) in [7, 11) is -3.88. The van der Waals surface area contributed by atoms with E-state index in [-0.39, 0.29) is 23.8 Å². The number of aryl methyl sites for hydroxylation is 1. The SMILES string of the molecule is Cc1cc(S(=O)(=O)N(Cc2ccc(F)cc2)Cc2ccc(Cl)cc2)ccc1-n1cnnn1. The standard InChI is InChI=1S/C22H19ClFN5O2S/c1-16-12-21(10-11-22(16)29-15-25-26-27-29)32(30,31)28(13-17-2-6-19(23)7-3-17)14-18-4-8-20(24)9-5-18/h2-12,15H,13-14H2,1H3. The fourth-order valence-corrected chi connectivity index (χ4v) is 4.91. The van der Waals surface area contributed by atoms with Gasteiger partial charge < -0.3 is 0 Å². The Balaban J connectivity index is 1.70. The molecule has 164 valence electrons. The molecule has 1 heterocycles. The molecule has 7 nitrogen and oxygen atoms in total. The first-order chi connectivity index (χ1) is 15.3. The minimum absolute atomic E-state index is 0.0824. The third-order valence-electron chi connectivity index (χ3n) is 4.95. The molecule has 0 unspecified atom stereocenters. The van der Waals surface area contributed by atoms with Crippen molar-refractivity contribution < 1.29 is 12.8 Å². The molecule has 10 heteroatoms. The second-order valence-corrected chi connectivity index (χ2v) is 9.60. The lowest BCUT2D eigenvalue weighted by molar-refractivity contribution is 0.401. The second-order valence-electron chi connectivity index (χ2n) is 7.23. The Morgan fingerprint density at radius 3 is 2.16 bits per heavy atom. The van der Waals surface area contributed by atoms with Gasteiger partial charge in [0.15, 0.2) is 0 Å². The van der Waals surface area contributed by atoms with Crippen LogP contribution in [-0.4, -0.2) is 32.9 Å². The zero-order valence-electron chi connectivity index (χ0n) is 17.1. The monoisotopic (exact) mass is 471 g/mol. The molecule has 0 spiro atoms. The van der Waals surface area contributed by atoms with Crippen molar-refractivity contribution in [2.75, 3.05) is 0 Å². The van der Waals surface area contributed by atoms with E-state index >= 15 is 0 Å². The summed E-state index contributed by atoms with van der Waals surface area (Å²) in [5.41, 5.74) is 2.83. The average molecular weight is 472 g/mol. The highest BCUT2D eigenvalue weighted by Gasteiger charge is 2.26. The summed E-state index contributed by atoms with van der Waals surface area (Å²) < 4.78 is 43.4. The lowest BCUT2D eigenvalue weighted by Gasteiger charge is -2.23. The van der Waals surface area contributed by atoms with E-state index in [0.717, 1.165) is 5.56 Å². The molecule has 0 saturated heterocycles. The predicted octanol–water partition coefficient (Wildman–Crippen LogP) is 4.15. The van der Waals surface area contributed by atoms with Crippen molar-refractivity contribution in [3.05, 3.63) is 101 Å². The molecule has 3 aromatic carbocycles. The van der Waals surface area contributed by atoms with Crippen LogP contribution in [0.3, 0.4) is 0 Å². The van der Waals surface area contributed by atoms with Crippen LogP contribution in [0.25, 0.3) is 5.69 Å². The Labute approximate surface area is 190 Å². The van der Waals surface area contributed by atoms with Crippen LogP contribution >= 0.6 is 11.6 Å². The number of nitrogens with zero attached hydrogens (tertiary/aromatic N) is 5. The quantitative estimate of drug-likeness (QED) is 0.404. The third-order valence-corrected chi connectivity index (χ3v) is 6.99. The van der Waals surface area contributed by atoms with Gasteiger partial charge in [-0.1, -0.05) is 35.9 Å². The summed E-state index contributed by atoms with van der Waals surface area (Å²) in [6.45, 7) is 2.00. The summed E-state index contributed by atoms with van der Waals surface area (Å²) in [5.74, 6) is -0.380. The van der Waals surface area contributed by atoms with Crippen molar-refractivity contribution in [2.24, 2.45) is 0 Å². The molecule has 4 rings (SSSR count). The van der Waals surface area contributed by atoms with Crippen LogP contribution in [0.15, 0.2) is 78.0 Å². The number of benzene rings is 3. The van der Waals surface area contributed by atoms with Gasteiger partial charge in [-0.3, -0.25) is 0 Å². The molecule has 0 N–H and O–H groups in total. The topological polar surface area (TPSA) is 81.0 Å². The molecule has 32 heavy (non-hydrogen) atoms. The first kappa shape index (κ1) is 22.1. The van der Waals surface area contributed by atoms with Gasteiger partial charge in [-0.15, -0.1) is 5.10 Å². The molecule has 0 amide bonds. The molecule has 0 radical (unpaired) electrons. The lowest BCUT2D eigenvalue weighted by Crippen LogP contribution is -2.30. The van der Waals surface area contributed by atoms with Gasteiger partial charge >= 0.3 is 0 Å². The minimum Gasteiger partial charge on any atom is -0.207 e. The zero-order chi connectivity index (χ0) is 22.7. The molecule has 1 aromatic heterocycles. The van der Waals surface area contributed by atoms with Gasteiger partial charge in [0.1, 0.15) is 12.1 Å². The maximum atomic E-state index is 13.6. The number of halogens is 2. The molecular formula is C22H19ClFN5O2S. The van der Waals surface area contributed by atoms with E-state index in [4.69, 9.17) is 11.6 Å². The molecule has 0 aliphatic heterocycles. The van der Waals surface area contributed by atoms with E-state index < -0.39 is 10.0 Å². The van der Waals surface area contributed by atoms with Crippen molar-refractivity contribution >= 4 is 21.6 Å². The van der Waals surface area contributed by atoms with Gasteiger partial charge in [0.2, 0.25) is 10.0 Å². The average Bonchev–Trinajstić information content (AvgIpc) is 3.31. The van der Waals surface area contributed by atoms with Crippen LogP contribution in [0.1, 0.15) is 16.7 Å². The van der Waals surface area contributed by atoms with Gasteiger partial charge in [-0.2, -0.15) is 4.31 Å². The van der Waals surface area contributed by atoms with Crippen molar-refractivity contribution in [3.63, 3.8) is 0 Å². The molecule has 0 bridgehead atoms. The van der Waals surface area contributed by atoms with E-state index in [1.807, 2.05) is 0 Å². The van der Waals surface area contributed by atoms with Gasteiger partial charge in [0.25, 0.3) is 0 Å². The van der Waals surface area contributed by atoms with Gasteiger partial charge in [-0.05, 0) is 76.5 Å². The van der Waals surface area contributed by atoms with E-state index in [0.29, 0.717) is 21.8 Å². The van der Waals surface area contributed by atoms with Crippen LogP contribution < -0.4 is 0 Å². The van der Waals surface area contributed by atoms with E-state index in [2.05, 4.69) is 15.5 Å². The molecule has 0 fully saturated rings. The van der Waals surface area contributed by atoms with Gasteiger partial charge in [-0.25, -0.2) is 17.5 Å². The maximum Gasteiger partial charge on any atom is 0.243 e. The minimum atomic E-state index is -3.88. The fraction of sp³-hybridized carbons (Fsp3) is 0.136. The Bertz CT molecular complexity index is 1260. The Morgan fingerprint density at radius 2 is 1.59 bits per heavy atom. The molecule has 4 aromatic rings.